The maximum Gasteiger partial charge on any atom is 0.0949 e. The smallest absolute Gasteiger partial charge is 0.0949 e. The van der Waals surface area contributed by atoms with Crippen LogP contribution >= 0.6 is 15.9 Å². The average molecular weight is 342 g/mol. The molecule has 1 N–H and O–H groups in total. The van der Waals surface area contributed by atoms with E-state index in [1.54, 1.807) is 0 Å². The Labute approximate surface area is 132 Å². The predicted octanol–water partition coefficient (Wildman–Crippen LogP) is 5.09. The third kappa shape index (κ3) is 7.41. The van der Waals surface area contributed by atoms with E-state index in [9.17, 15) is 0 Å². The molecular formula is C17H28BrNO. The molecule has 0 saturated heterocycles. The molecule has 1 aromatic rings. The van der Waals surface area contributed by atoms with Gasteiger partial charge < -0.3 is 10.1 Å². The Balaban J connectivity index is 2.44. The van der Waals surface area contributed by atoms with Gasteiger partial charge in [-0.05, 0) is 37.1 Å². The van der Waals surface area contributed by atoms with E-state index in [1.807, 2.05) is 0 Å². The lowest BCUT2D eigenvalue weighted by molar-refractivity contribution is 0.0500. The quantitative estimate of drug-likeness (QED) is 0.566. The molecule has 0 aromatic heterocycles. The lowest BCUT2D eigenvalue weighted by Crippen LogP contribution is -2.24. The highest BCUT2D eigenvalue weighted by molar-refractivity contribution is 9.10. The first-order valence-electron chi connectivity index (χ1n) is 7.85. The molecule has 0 aliphatic heterocycles. The third-order valence-corrected chi connectivity index (χ3v) is 3.84. The minimum atomic E-state index is 0.163. The van der Waals surface area contributed by atoms with Crippen molar-refractivity contribution in [1.82, 2.24) is 5.32 Å². The average Bonchev–Trinajstić information content (AvgIpc) is 2.46. The van der Waals surface area contributed by atoms with Gasteiger partial charge in [-0.15, -0.1) is 0 Å². The van der Waals surface area contributed by atoms with E-state index in [4.69, 9.17) is 4.74 Å². The van der Waals surface area contributed by atoms with E-state index in [2.05, 4.69) is 59.4 Å². The SMILES string of the molecule is CCCCCCOC(CNCCC)c1ccc(Br)cc1. The zero-order chi connectivity index (χ0) is 14.6. The molecule has 2 nitrogen and oxygen atoms in total. The summed E-state index contributed by atoms with van der Waals surface area (Å²) in [7, 11) is 0. The molecule has 0 saturated carbocycles. The fourth-order valence-corrected chi connectivity index (χ4v) is 2.38. The van der Waals surface area contributed by atoms with Crippen LogP contribution in [0.3, 0.4) is 0 Å². The number of halogens is 1. The summed E-state index contributed by atoms with van der Waals surface area (Å²) in [6, 6.07) is 8.47. The van der Waals surface area contributed by atoms with Crippen molar-refractivity contribution in [3.63, 3.8) is 0 Å². The summed E-state index contributed by atoms with van der Waals surface area (Å²) in [6.45, 7) is 7.22. The Morgan fingerprint density at radius 3 is 2.45 bits per heavy atom. The summed E-state index contributed by atoms with van der Waals surface area (Å²) in [5.74, 6) is 0. The summed E-state index contributed by atoms with van der Waals surface area (Å²) in [4.78, 5) is 0. The predicted molar refractivity (Wildman–Crippen MR) is 90.1 cm³/mol. The lowest BCUT2D eigenvalue weighted by atomic mass is 10.1. The molecule has 0 spiro atoms. The topological polar surface area (TPSA) is 21.3 Å². The summed E-state index contributed by atoms with van der Waals surface area (Å²) < 4.78 is 7.20. The molecule has 1 atom stereocenters. The van der Waals surface area contributed by atoms with Crippen LogP contribution in [0.1, 0.15) is 57.6 Å². The first kappa shape index (κ1) is 17.7. The molecule has 0 fully saturated rings. The van der Waals surface area contributed by atoms with Crippen LogP contribution in [0.2, 0.25) is 0 Å². The Morgan fingerprint density at radius 1 is 1.05 bits per heavy atom. The fraction of sp³-hybridized carbons (Fsp3) is 0.647. The van der Waals surface area contributed by atoms with Gasteiger partial charge in [-0.2, -0.15) is 0 Å². The highest BCUT2D eigenvalue weighted by Crippen LogP contribution is 2.20. The van der Waals surface area contributed by atoms with Crippen molar-refractivity contribution in [2.45, 2.75) is 52.1 Å². The molecule has 1 unspecified atom stereocenters. The molecule has 0 bridgehead atoms. The van der Waals surface area contributed by atoms with Gasteiger partial charge in [0.25, 0.3) is 0 Å². The number of unbranched alkanes of at least 4 members (excludes halogenated alkanes) is 3. The van der Waals surface area contributed by atoms with Crippen molar-refractivity contribution in [2.24, 2.45) is 0 Å². The molecule has 0 aliphatic carbocycles. The second-order valence-electron chi connectivity index (χ2n) is 5.18. The van der Waals surface area contributed by atoms with Crippen molar-refractivity contribution in [3.8, 4) is 0 Å². The molecule has 0 heterocycles. The minimum Gasteiger partial charge on any atom is -0.372 e. The van der Waals surface area contributed by atoms with Gasteiger partial charge in [0.1, 0.15) is 0 Å². The Kier molecular flexibility index (Phi) is 9.98. The Bertz CT molecular complexity index is 339. The summed E-state index contributed by atoms with van der Waals surface area (Å²) in [5, 5.41) is 3.46. The van der Waals surface area contributed by atoms with E-state index < -0.39 is 0 Å². The highest BCUT2D eigenvalue weighted by Gasteiger charge is 2.11. The van der Waals surface area contributed by atoms with E-state index in [0.29, 0.717) is 0 Å². The highest BCUT2D eigenvalue weighted by atomic mass is 79.9. The van der Waals surface area contributed by atoms with Gasteiger partial charge in [-0.3, -0.25) is 0 Å². The standard InChI is InChI=1S/C17H28BrNO/c1-3-5-6-7-13-20-17(14-19-12-4-2)15-8-10-16(18)11-9-15/h8-11,17,19H,3-7,12-14H2,1-2H3. The third-order valence-electron chi connectivity index (χ3n) is 3.32. The fourth-order valence-electron chi connectivity index (χ4n) is 2.11. The van der Waals surface area contributed by atoms with E-state index in [0.717, 1.165) is 37.0 Å². The maximum atomic E-state index is 6.08. The second-order valence-corrected chi connectivity index (χ2v) is 6.09. The van der Waals surface area contributed by atoms with Crippen LogP contribution < -0.4 is 5.32 Å². The molecule has 1 rings (SSSR count). The van der Waals surface area contributed by atoms with Crippen LogP contribution in [0.4, 0.5) is 0 Å². The minimum absolute atomic E-state index is 0.163. The first-order chi connectivity index (χ1) is 9.77. The van der Waals surface area contributed by atoms with E-state index in [1.165, 1.54) is 24.8 Å². The zero-order valence-electron chi connectivity index (χ0n) is 12.8. The van der Waals surface area contributed by atoms with Crippen molar-refractivity contribution >= 4 is 15.9 Å². The van der Waals surface area contributed by atoms with E-state index >= 15 is 0 Å². The number of hydrogen-bond acceptors (Lipinski definition) is 2. The van der Waals surface area contributed by atoms with Crippen LogP contribution in [-0.4, -0.2) is 19.7 Å². The zero-order valence-corrected chi connectivity index (χ0v) is 14.4. The summed E-state index contributed by atoms with van der Waals surface area (Å²) >= 11 is 3.48. The molecule has 114 valence electrons. The van der Waals surface area contributed by atoms with Crippen molar-refractivity contribution in [2.75, 3.05) is 19.7 Å². The second kappa shape index (κ2) is 11.3. The van der Waals surface area contributed by atoms with Gasteiger partial charge in [-0.25, -0.2) is 0 Å². The largest absolute Gasteiger partial charge is 0.372 e. The van der Waals surface area contributed by atoms with Crippen LogP contribution in [0.25, 0.3) is 0 Å². The van der Waals surface area contributed by atoms with Crippen molar-refractivity contribution < 1.29 is 4.74 Å². The molecular weight excluding hydrogens is 314 g/mol. The van der Waals surface area contributed by atoms with Crippen LogP contribution in [0.15, 0.2) is 28.7 Å². The van der Waals surface area contributed by atoms with E-state index in [-0.39, 0.29) is 6.10 Å². The van der Waals surface area contributed by atoms with Crippen molar-refractivity contribution in [3.05, 3.63) is 34.3 Å². The van der Waals surface area contributed by atoms with Crippen LogP contribution in [-0.2, 0) is 4.74 Å². The van der Waals surface area contributed by atoms with Gasteiger partial charge in [0, 0.05) is 17.6 Å². The van der Waals surface area contributed by atoms with Crippen molar-refractivity contribution in [1.29, 1.82) is 0 Å². The molecule has 20 heavy (non-hydrogen) atoms. The van der Waals surface area contributed by atoms with Crippen LogP contribution in [0.5, 0.6) is 0 Å². The maximum absolute atomic E-state index is 6.08. The molecule has 0 aliphatic rings. The van der Waals surface area contributed by atoms with Gasteiger partial charge in [0.2, 0.25) is 0 Å². The summed E-state index contributed by atoms with van der Waals surface area (Å²) in [5.41, 5.74) is 1.26. The van der Waals surface area contributed by atoms with Crippen LogP contribution in [0, 0.1) is 0 Å². The first-order valence-corrected chi connectivity index (χ1v) is 8.65. The number of benzene rings is 1. The number of ether oxygens (including phenoxy) is 1. The van der Waals surface area contributed by atoms with Gasteiger partial charge in [0.15, 0.2) is 0 Å². The Hall–Kier alpha value is -0.380. The summed E-state index contributed by atoms with van der Waals surface area (Å²) in [6.07, 6.45) is 6.33. The Morgan fingerprint density at radius 2 is 1.80 bits per heavy atom. The molecule has 0 amide bonds. The molecule has 1 aromatic carbocycles. The lowest BCUT2D eigenvalue weighted by Gasteiger charge is -2.19. The number of rotatable bonds is 11. The molecule has 0 radical (unpaired) electrons. The van der Waals surface area contributed by atoms with Gasteiger partial charge in [-0.1, -0.05) is 61.2 Å². The van der Waals surface area contributed by atoms with Gasteiger partial charge in [0.05, 0.1) is 6.10 Å². The number of nitrogens with one attached hydrogen (secondary N) is 1. The number of hydrogen-bond donors (Lipinski definition) is 1. The normalized spacial score (nSPS) is 12.6. The van der Waals surface area contributed by atoms with Gasteiger partial charge >= 0.3 is 0 Å². The molecule has 3 heteroatoms. The monoisotopic (exact) mass is 341 g/mol.